The van der Waals surface area contributed by atoms with Crippen molar-refractivity contribution in [2.75, 3.05) is 18.4 Å². The Labute approximate surface area is 122 Å². The van der Waals surface area contributed by atoms with Crippen LogP contribution in [0.5, 0.6) is 0 Å². The van der Waals surface area contributed by atoms with E-state index < -0.39 is 0 Å². The molecule has 112 valence electrons. The van der Waals surface area contributed by atoms with Gasteiger partial charge in [-0.25, -0.2) is 4.98 Å². The monoisotopic (exact) mass is 277 g/mol. The summed E-state index contributed by atoms with van der Waals surface area (Å²) in [7, 11) is 0. The fourth-order valence-electron chi connectivity index (χ4n) is 2.03. The van der Waals surface area contributed by atoms with Gasteiger partial charge in [-0.15, -0.1) is 0 Å². The number of anilines is 1. The molecule has 0 aliphatic rings. The summed E-state index contributed by atoms with van der Waals surface area (Å²) in [6.07, 6.45) is 4.69. The Hall–Kier alpha value is -1.58. The maximum Gasteiger partial charge on any atom is 0.254 e. The van der Waals surface area contributed by atoms with Crippen LogP contribution in [0.25, 0.3) is 0 Å². The molecule has 0 aliphatic carbocycles. The van der Waals surface area contributed by atoms with Gasteiger partial charge in [-0.3, -0.25) is 4.79 Å². The third kappa shape index (κ3) is 4.83. The van der Waals surface area contributed by atoms with Crippen LogP contribution in [0.4, 0.5) is 5.82 Å². The molecule has 0 fully saturated rings. The topological polar surface area (TPSA) is 45.2 Å². The van der Waals surface area contributed by atoms with Crippen molar-refractivity contribution in [3.05, 3.63) is 23.9 Å². The molecule has 0 bridgehead atoms. The number of nitrogens with one attached hydrogen (secondary N) is 1. The molecule has 0 radical (unpaired) electrons. The van der Waals surface area contributed by atoms with Crippen LogP contribution in [-0.2, 0) is 0 Å². The highest BCUT2D eigenvalue weighted by molar-refractivity contribution is 5.94. The van der Waals surface area contributed by atoms with Gasteiger partial charge in [0.1, 0.15) is 5.82 Å². The maximum atomic E-state index is 12.5. The molecule has 0 spiro atoms. The summed E-state index contributed by atoms with van der Waals surface area (Å²) in [5, 5.41) is 3.31. The SMILES string of the molecule is CCCN(CCC)C(=O)c1ccnc(NC(C)CC)c1. The van der Waals surface area contributed by atoms with Crippen molar-refractivity contribution in [1.82, 2.24) is 9.88 Å². The predicted octanol–water partition coefficient (Wildman–Crippen LogP) is 3.55. The van der Waals surface area contributed by atoms with Crippen molar-refractivity contribution >= 4 is 11.7 Å². The van der Waals surface area contributed by atoms with Crippen molar-refractivity contribution < 1.29 is 4.79 Å². The number of hydrogen-bond donors (Lipinski definition) is 1. The Bertz CT molecular complexity index is 414. The minimum absolute atomic E-state index is 0.100. The highest BCUT2D eigenvalue weighted by Gasteiger charge is 2.15. The molecule has 1 rings (SSSR count). The van der Waals surface area contributed by atoms with E-state index in [9.17, 15) is 4.79 Å². The number of hydrogen-bond acceptors (Lipinski definition) is 3. The average Bonchev–Trinajstić information content (AvgIpc) is 2.46. The minimum atomic E-state index is 0.100. The summed E-state index contributed by atoms with van der Waals surface area (Å²) in [5.41, 5.74) is 0.715. The highest BCUT2D eigenvalue weighted by atomic mass is 16.2. The molecule has 1 atom stereocenters. The minimum Gasteiger partial charge on any atom is -0.368 e. The number of amides is 1. The first-order valence-electron chi connectivity index (χ1n) is 7.64. The summed E-state index contributed by atoms with van der Waals surface area (Å²) in [6.45, 7) is 10.0. The average molecular weight is 277 g/mol. The van der Waals surface area contributed by atoms with Crippen LogP contribution in [0.3, 0.4) is 0 Å². The lowest BCUT2D eigenvalue weighted by atomic mass is 10.2. The molecule has 0 saturated carbocycles. The summed E-state index contributed by atoms with van der Waals surface area (Å²) >= 11 is 0. The van der Waals surface area contributed by atoms with Gasteiger partial charge in [-0.1, -0.05) is 20.8 Å². The zero-order valence-corrected chi connectivity index (χ0v) is 13.1. The number of nitrogens with zero attached hydrogens (tertiary/aromatic N) is 2. The number of pyridine rings is 1. The third-order valence-corrected chi connectivity index (χ3v) is 3.29. The number of aromatic nitrogens is 1. The van der Waals surface area contributed by atoms with Gasteiger partial charge in [0, 0.05) is 30.9 Å². The van der Waals surface area contributed by atoms with Crippen molar-refractivity contribution in [3.63, 3.8) is 0 Å². The van der Waals surface area contributed by atoms with E-state index >= 15 is 0 Å². The van der Waals surface area contributed by atoms with E-state index in [0.29, 0.717) is 11.6 Å². The molecule has 0 aromatic carbocycles. The zero-order chi connectivity index (χ0) is 15.0. The molecule has 1 aromatic rings. The maximum absolute atomic E-state index is 12.5. The lowest BCUT2D eigenvalue weighted by Gasteiger charge is -2.22. The van der Waals surface area contributed by atoms with Crippen molar-refractivity contribution in [1.29, 1.82) is 0 Å². The summed E-state index contributed by atoms with van der Waals surface area (Å²) < 4.78 is 0. The fraction of sp³-hybridized carbons (Fsp3) is 0.625. The molecule has 4 heteroatoms. The Morgan fingerprint density at radius 1 is 1.30 bits per heavy atom. The smallest absolute Gasteiger partial charge is 0.254 e. The first-order chi connectivity index (χ1) is 9.62. The summed E-state index contributed by atoms with van der Waals surface area (Å²) in [6, 6.07) is 4.00. The summed E-state index contributed by atoms with van der Waals surface area (Å²) in [5.74, 6) is 0.876. The van der Waals surface area contributed by atoms with Crippen LogP contribution >= 0.6 is 0 Å². The van der Waals surface area contributed by atoms with E-state index in [1.54, 1.807) is 12.3 Å². The molecular weight excluding hydrogens is 250 g/mol. The molecule has 1 heterocycles. The normalized spacial score (nSPS) is 12.0. The van der Waals surface area contributed by atoms with Gasteiger partial charge in [0.05, 0.1) is 0 Å². The Kier molecular flexibility index (Phi) is 7.05. The first-order valence-corrected chi connectivity index (χ1v) is 7.64. The van der Waals surface area contributed by atoms with Gasteiger partial charge in [0.2, 0.25) is 0 Å². The Morgan fingerprint density at radius 3 is 2.50 bits per heavy atom. The van der Waals surface area contributed by atoms with E-state index in [1.165, 1.54) is 0 Å². The summed E-state index contributed by atoms with van der Waals surface area (Å²) in [4.78, 5) is 18.7. The highest BCUT2D eigenvalue weighted by Crippen LogP contribution is 2.12. The van der Waals surface area contributed by atoms with Crippen LogP contribution in [0.2, 0.25) is 0 Å². The standard InChI is InChI=1S/C16H27N3O/c1-5-10-19(11-6-2)16(20)14-8-9-17-15(12-14)18-13(4)7-3/h8-9,12-13H,5-7,10-11H2,1-4H3,(H,17,18). The second-order valence-corrected chi connectivity index (χ2v) is 5.18. The molecule has 1 unspecified atom stereocenters. The molecule has 0 aliphatic heterocycles. The van der Waals surface area contributed by atoms with Crippen molar-refractivity contribution in [2.45, 2.75) is 53.0 Å². The molecule has 0 saturated heterocycles. The van der Waals surface area contributed by atoms with Gasteiger partial charge in [-0.05, 0) is 38.3 Å². The first kappa shape index (κ1) is 16.5. The van der Waals surface area contributed by atoms with Crippen molar-refractivity contribution in [3.8, 4) is 0 Å². The van der Waals surface area contributed by atoms with Crippen LogP contribution in [0.1, 0.15) is 57.3 Å². The molecule has 4 nitrogen and oxygen atoms in total. The van der Waals surface area contributed by atoms with E-state index in [4.69, 9.17) is 0 Å². The fourth-order valence-corrected chi connectivity index (χ4v) is 2.03. The molecule has 1 amide bonds. The molecular formula is C16H27N3O. The van der Waals surface area contributed by atoms with Crippen LogP contribution in [-0.4, -0.2) is 34.9 Å². The third-order valence-electron chi connectivity index (χ3n) is 3.29. The van der Waals surface area contributed by atoms with Gasteiger partial charge < -0.3 is 10.2 Å². The lowest BCUT2D eigenvalue weighted by Crippen LogP contribution is -2.32. The largest absolute Gasteiger partial charge is 0.368 e. The zero-order valence-electron chi connectivity index (χ0n) is 13.1. The number of rotatable bonds is 8. The predicted molar refractivity (Wildman–Crippen MR) is 84.1 cm³/mol. The second-order valence-electron chi connectivity index (χ2n) is 5.18. The van der Waals surface area contributed by atoms with Crippen LogP contribution in [0, 0.1) is 0 Å². The van der Waals surface area contributed by atoms with E-state index in [1.807, 2.05) is 11.0 Å². The quantitative estimate of drug-likeness (QED) is 0.790. The van der Waals surface area contributed by atoms with Gasteiger partial charge >= 0.3 is 0 Å². The lowest BCUT2D eigenvalue weighted by molar-refractivity contribution is 0.0755. The van der Waals surface area contributed by atoms with Crippen molar-refractivity contribution in [2.24, 2.45) is 0 Å². The number of carbonyl (C=O) groups excluding carboxylic acids is 1. The van der Waals surface area contributed by atoms with E-state index in [2.05, 4.69) is 38.0 Å². The molecule has 1 aromatic heterocycles. The Morgan fingerprint density at radius 2 is 1.95 bits per heavy atom. The second kappa shape index (κ2) is 8.56. The van der Waals surface area contributed by atoms with Crippen LogP contribution in [0.15, 0.2) is 18.3 Å². The number of carbonyl (C=O) groups is 1. The van der Waals surface area contributed by atoms with Gasteiger partial charge in [0.15, 0.2) is 0 Å². The van der Waals surface area contributed by atoms with Gasteiger partial charge in [-0.2, -0.15) is 0 Å². The Balaban J connectivity index is 2.83. The van der Waals surface area contributed by atoms with E-state index in [0.717, 1.165) is 38.2 Å². The molecule has 1 N–H and O–H groups in total. The molecule has 20 heavy (non-hydrogen) atoms. The van der Waals surface area contributed by atoms with Gasteiger partial charge in [0.25, 0.3) is 5.91 Å². The van der Waals surface area contributed by atoms with E-state index in [-0.39, 0.29) is 5.91 Å². The van der Waals surface area contributed by atoms with Crippen LogP contribution < -0.4 is 5.32 Å².